The molecule has 1 heterocycles. The normalized spacial score (nSPS) is 10.3. The van der Waals surface area contributed by atoms with E-state index in [2.05, 4.69) is 17.4 Å². The molecule has 0 aliphatic carbocycles. The molecule has 0 fully saturated rings. The van der Waals surface area contributed by atoms with E-state index in [-0.39, 0.29) is 5.91 Å². The Bertz CT molecular complexity index is 529. The van der Waals surface area contributed by atoms with Gasteiger partial charge in [0.25, 0.3) is 5.91 Å². The molecule has 1 N–H and O–H groups in total. The lowest BCUT2D eigenvalue weighted by Gasteiger charge is -2.07. The molecule has 0 unspecified atom stereocenters. The lowest BCUT2D eigenvalue weighted by Crippen LogP contribution is -2.27. The molecule has 3 nitrogen and oxygen atoms in total. The molecule has 1 aromatic carbocycles. The number of aromatic nitrogens is 1. The predicted octanol–water partition coefficient (Wildman–Crippen LogP) is 2.31. The van der Waals surface area contributed by atoms with E-state index in [4.69, 9.17) is 0 Å². The monoisotopic (exact) mass is 242 g/mol. The summed E-state index contributed by atoms with van der Waals surface area (Å²) in [6.45, 7) is 2.65. The number of amides is 1. The summed E-state index contributed by atoms with van der Waals surface area (Å²) >= 11 is 0. The van der Waals surface area contributed by atoms with Crippen LogP contribution in [0.15, 0.2) is 42.5 Å². The van der Waals surface area contributed by atoms with Gasteiger partial charge in [-0.05, 0) is 31.0 Å². The Hall–Kier alpha value is -2.03. The largest absolute Gasteiger partial charge is 0.350 e. The summed E-state index contributed by atoms with van der Waals surface area (Å²) in [4.78, 5) is 11.9. The van der Waals surface area contributed by atoms with Gasteiger partial charge in [0.1, 0.15) is 5.69 Å². The summed E-state index contributed by atoms with van der Waals surface area (Å²) in [6.07, 6.45) is 0.857. The van der Waals surface area contributed by atoms with Gasteiger partial charge in [-0.2, -0.15) is 0 Å². The van der Waals surface area contributed by atoms with E-state index in [1.165, 1.54) is 5.56 Å². The Labute approximate surface area is 107 Å². The van der Waals surface area contributed by atoms with Crippen molar-refractivity contribution >= 4 is 5.91 Å². The molecule has 3 heteroatoms. The highest BCUT2D eigenvalue weighted by molar-refractivity contribution is 5.92. The zero-order valence-electron chi connectivity index (χ0n) is 10.8. The van der Waals surface area contributed by atoms with Gasteiger partial charge in [0.2, 0.25) is 0 Å². The highest BCUT2D eigenvalue weighted by Crippen LogP contribution is 2.05. The van der Waals surface area contributed by atoms with Crippen molar-refractivity contribution in [3.63, 3.8) is 0 Å². The van der Waals surface area contributed by atoms with Gasteiger partial charge in [-0.3, -0.25) is 4.79 Å². The topological polar surface area (TPSA) is 34.0 Å². The van der Waals surface area contributed by atoms with Gasteiger partial charge in [0.05, 0.1) is 0 Å². The Kier molecular flexibility index (Phi) is 3.82. The van der Waals surface area contributed by atoms with Gasteiger partial charge in [-0.1, -0.05) is 30.3 Å². The number of carbonyl (C=O) groups excluding carboxylic acids is 1. The Balaban J connectivity index is 1.88. The lowest BCUT2D eigenvalue weighted by atomic mass is 10.1. The second kappa shape index (κ2) is 5.54. The number of hydrogen-bond donors (Lipinski definition) is 1. The fourth-order valence-corrected chi connectivity index (χ4v) is 1.90. The third-order valence-electron chi connectivity index (χ3n) is 3.15. The molecule has 1 aromatic heterocycles. The molecular weight excluding hydrogens is 224 g/mol. The van der Waals surface area contributed by atoms with E-state index in [1.54, 1.807) is 0 Å². The van der Waals surface area contributed by atoms with Crippen LogP contribution in [0.25, 0.3) is 0 Å². The Morgan fingerprint density at radius 2 is 1.89 bits per heavy atom. The van der Waals surface area contributed by atoms with Gasteiger partial charge in [-0.15, -0.1) is 0 Å². The summed E-state index contributed by atoms with van der Waals surface area (Å²) in [7, 11) is 1.90. The van der Waals surface area contributed by atoms with Crippen LogP contribution in [0, 0.1) is 6.92 Å². The molecular formula is C15H18N2O. The fraction of sp³-hybridized carbons (Fsp3) is 0.267. The predicted molar refractivity (Wildman–Crippen MR) is 72.6 cm³/mol. The number of nitrogens with one attached hydrogen (secondary N) is 1. The second-order valence-corrected chi connectivity index (χ2v) is 4.41. The third-order valence-corrected chi connectivity index (χ3v) is 3.15. The minimum absolute atomic E-state index is 0.0125. The van der Waals surface area contributed by atoms with E-state index >= 15 is 0 Å². The van der Waals surface area contributed by atoms with Crippen molar-refractivity contribution in [2.75, 3.05) is 6.54 Å². The number of hydrogen-bond acceptors (Lipinski definition) is 1. The molecule has 94 valence electrons. The van der Waals surface area contributed by atoms with E-state index in [0.717, 1.165) is 12.1 Å². The molecule has 0 saturated carbocycles. The fourth-order valence-electron chi connectivity index (χ4n) is 1.90. The molecule has 0 bridgehead atoms. The standard InChI is InChI=1S/C15H18N2O/c1-12-8-9-14(17(12)2)15(18)16-11-10-13-6-4-3-5-7-13/h3-9H,10-11H2,1-2H3,(H,16,18). The lowest BCUT2D eigenvalue weighted by molar-refractivity contribution is 0.0946. The van der Waals surface area contributed by atoms with E-state index < -0.39 is 0 Å². The zero-order chi connectivity index (χ0) is 13.0. The maximum atomic E-state index is 11.9. The molecule has 2 rings (SSSR count). The first-order valence-corrected chi connectivity index (χ1v) is 6.13. The highest BCUT2D eigenvalue weighted by atomic mass is 16.1. The van der Waals surface area contributed by atoms with Crippen LogP contribution in [0.1, 0.15) is 21.7 Å². The minimum Gasteiger partial charge on any atom is -0.350 e. The van der Waals surface area contributed by atoms with Crippen molar-refractivity contribution in [1.29, 1.82) is 0 Å². The number of benzene rings is 1. The first-order valence-electron chi connectivity index (χ1n) is 6.13. The van der Waals surface area contributed by atoms with Crippen LogP contribution >= 0.6 is 0 Å². The highest BCUT2D eigenvalue weighted by Gasteiger charge is 2.09. The van der Waals surface area contributed by atoms with Crippen LogP contribution in [0.4, 0.5) is 0 Å². The van der Waals surface area contributed by atoms with Crippen LogP contribution in [0.2, 0.25) is 0 Å². The molecule has 0 aliphatic heterocycles. The van der Waals surface area contributed by atoms with Gasteiger partial charge in [0.15, 0.2) is 0 Å². The average Bonchev–Trinajstić information content (AvgIpc) is 2.71. The summed E-state index contributed by atoms with van der Waals surface area (Å²) < 4.78 is 1.90. The third kappa shape index (κ3) is 2.80. The average molecular weight is 242 g/mol. The van der Waals surface area contributed by atoms with Gasteiger partial charge in [0, 0.05) is 19.3 Å². The van der Waals surface area contributed by atoms with Crippen molar-refractivity contribution in [2.24, 2.45) is 7.05 Å². The van der Waals surface area contributed by atoms with Crippen LogP contribution in [0.3, 0.4) is 0 Å². The molecule has 2 aromatic rings. The van der Waals surface area contributed by atoms with Crippen molar-refractivity contribution in [1.82, 2.24) is 9.88 Å². The Morgan fingerprint density at radius 1 is 1.17 bits per heavy atom. The van der Waals surface area contributed by atoms with Crippen LogP contribution in [-0.4, -0.2) is 17.0 Å². The maximum Gasteiger partial charge on any atom is 0.267 e. The van der Waals surface area contributed by atoms with Crippen molar-refractivity contribution in [3.8, 4) is 0 Å². The van der Waals surface area contributed by atoms with E-state index in [9.17, 15) is 4.79 Å². The van der Waals surface area contributed by atoms with Crippen molar-refractivity contribution in [2.45, 2.75) is 13.3 Å². The summed E-state index contributed by atoms with van der Waals surface area (Å²) in [5.74, 6) is -0.0125. The minimum atomic E-state index is -0.0125. The maximum absolute atomic E-state index is 11.9. The summed E-state index contributed by atoms with van der Waals surface area (Å²) in [6, 6.07) is 14.0. The smallest absolute Gasteiger partial charge is 0.267 e. The van der Waals surface area contributed by atoms with Gasteiger partial charge >= 0.3 is 0 Å². The van der Waals surface area contributed by atoms with Crippen molar-refractivity contribution in [3.05, 3.63) is 59.4 Å². The van der Waals surface area contributed by atoms with Crippen LogP contribution in [0.5, 0.6) is 0 Å². The van der Waals surface area contributed by atoms with Gasteiger partial charge < -0.3 is 9.88 Å². The molecule has 0 radical (unpaired) electrons. The number of carbonyl (C=O) groups is 1. The zero-order valence-corrected chi connectivity index (χ0v) is 10.8. The van der Waals surface area contributed by atoms with E-state index in [0.29, 0.717) is 12.2 Å². The molecule has 18 heavy (non-hydrogen) atoms. The molecule has 0 saturated heterocycles. The van der Waals surface area contributed by atoms with Gasteiger partial charge in [-0.25, -0.2) is 0 Å². The first kappa shape index (κ1) is 12.4. The number of aryl methyl sites for hydroxylation is 1. The molecule has 0 atom stereocenters. The molecule has 0 spiro atoms. The molecule has 0 aliphatic rings. The number of rotatable bonds is 4. The van der Waals surface area contributed by atoms with E-state index in [1.807, 2.05) is 48.9 Å². The SMILES string of the molecule is Cc1ccc(C(=O)NCCc2ccccc2)n1C. The second-order valence-electron chi connectivity index (χ2n) is 4.41. The molecule has 1 amide bonds. The quantitative estimate of drug-likeness (QED) is 0.877. The summed E-state index contributed by atoms with van der Waals surface area (Å²) in [5, 5.41) is 2.94. The summed E-state index contributed by atoms with van der Waals surface area (Å²) in [5.41, 5.74) is 3.03. The Morgan fingerprint density at radius 3 is 2.50 bits per heavy atom. The van der Waals surface area contributed by atoms with Crippen LogP contribution in [-0.2, 0) is 13.5 Å². The first-order chi connectivity index (χ1) is 8.68. The van der Waals surface area contributed by atoms with Crippen LogP contribution < -0.4 is 5.32 Å². The van der Waals surface area contributed by atoms with Crippen molar-refractivity contribution < 1.29 is 4.79 Å². The number of nitrogens with zero attached hydrogens (tertiary/aromatic N) is 1.